The molecule has 0 aliphatic heterocycles. The predicted molar refractivity (Wildman–Crippen MR) is 54.5 cm³/mol. The van der Waals surface area contributed by atoms with E-state index in [9.17, 15) is 4.79 Å². The van der Waals surface area contributed by atoms with Gasteiger partial charge in [0.25, 0.3) is 0 Å². The fourth-order valence-corrected chi connectivity index (χ4v) is 2.65. The van der Waals surface area contributed by atoms with Gasteiger partial charge in [0.15, 0.2) is 0 Å². The first-order valence-corrected chi connectivity index (χ1v) is 5.52. The summed E-state index contributed by atoms with van der Waals surface area (Å²) in [7, 11) is 0. The summed E-state index contributed by atoms with van der Waals surface area (Å²) in [5.74, 6) is 1.48. The number of hydrogen-bond donors (Lipinski definition) is 0. The Kier molecular flexibility index (Phi) is 2.32. The summed E-state index contributed by atoms with van der Waals surface area (Å²) in [6, 6.07) is 0. The number of hydrogen-bond acceptors (Lipinski definition) is 2. The van der Waals surface area contributed by atoms with E-state index in [0.29, 0.717) is 11.8 Å². The fourth-order valence-electron chi connectivity index (χ4n) is 2.65. The van der Waals surface area contributed by atoms with Crippen LogP contribution in [0.25, 0.3) is 0 Å². The quantitative estimate of drug-likeness (QED) is 0.601. The minimum atomic E-state index is -0.331. The first-order chi connectivity index (χ1) is 6.46. The zero-order valence-corrected chi connectivity index (χ0v) is 9.25. The van der Waals surface area contributed by atoms with Crippen LogP contribution < -0.4 is 0 Å². The molecular weight excluding hydrogens is 176 g/mol. The van der Waals surface area contributed by atoms with E-state index >= 15 is 0 Å². The third-order valence-corrected chi connectivity index (χ3v) is 3.21. The average Bonchev–Trinajstić information content (AvgIpc) is 2.59. The number of rotatable bonds is 1. The Balaban J connectivity index is 1.93. The van der Waals surface area contributed by atoms with E-state index < -0.39 is 0 Å². The molecule has 0 spiro atoms. The van der Waals surface area contributed by atoms with Gasteiger partial charge in [-0.05, 0) is 58.3 Å². The maximum Gasteiger partial charge on any atom is 0.309 e. The van der Waals surface area contributed by atoms with E-state index in [1.54, 1.807) is 0 Å². The summed E-state index contributed by atoms with van der Waals surface area (Å²) >= 11 is 0. The molecule has 2 saturated carbocycles. The summed E-state index contributed by atoms with van der Waals surface area (Å²) < 4.78 is 5.42. The second-order valence-electron chi connectivity index (χ2n) is 5.60. The molecule has 2 bridgehead atoms. The largest absolute Gasteiger partial charge is 0.460 e. The summed E-state index contributed by atoms with van der Waals surface area (Å²) in [5, 5.41) is 0. The van der Waals surface area contributed by atoms with Crippen molar-refractivity contribution in [2.75, 3.05) is 0 Å². The third-order valence-electron chi connectivity index (χ3n) is 3.21. The van der Waals surface area contributed by atoms with Crippen LogP contribution in [-0.2, 0) is 9.53 Å². The lowest BCUT2D eigenvalue weighted by molar-refractivity contribution is -0.161. The van der Waals surface area contributed by atoms with Gasteiger partial charge in [0.2, 0.25) is 0 Å². The smallest absolute Gasteiger partial charge is 0.309 e. The van der Waals surface area contributed by atoms with Crippen LogP contribution in [0.1, 0.15) is 40.0 Å². The Bertz CT molecular complexity index is 239. The van der Waals surface area contributed by atoms with Gasteiger partial charge in [-0.25, -0.2) is 0 Å². The van der Waals surface area contributed by atoms with Gasteiger partial charge in [0.1, 0.15) is 5.60 Å². The zero-order chi connectivity index (χ0) is 10.3. The zero-order valence-electron chi connectivity index (χ0n) is 9.25. The highest BCUT2D eigenvalue weighted by Gasteiger charge is 2.44. The molecule has 2 rings (SSSR count). The first kappa shape index (κ1) is 10.0. The molecule has 3 atom stereocenters. The van der Waals surface area contributed by atoms with E-state index in [2.05, 4.69) is 6.42 Å². The molecule has 0 saturated heterocycles. The highest BCUT2D eigenvalue weighted by Crippen LogP contribution is 2.48. The van der Waals surface area contributed by atoms with Crippen molar-refractivity contribution in [2.24, 2.45) is 17.8 Å². The van der Waals surface area contributed by atoms with Gasteiger partial charge in [0.05, 0.1) is 5.92 Å². The number of ether oxygens (including phenoxy) is 1. The standard InChI is InChI=1S/C12H19O2/c1-12(2,3)14-11(13)10-7-8-4-5-9(10)6-8/h4,8-10H,5-7H2,1-3H3. The summed E-state index contributed by atoms with van der Waals surface area (Å²) in [6.45, 7) is 5.80. The number of fused-ring (bicyclic) bond motifs is 2. The van der Waals surface area contributed by atoms with Crippen LogP contribution in [0.4, 0.5) is 0 Å². The molecule has 2 aliphatic rings. The van der Waals surface area contributed by atoms with Gasteiger partial charge in [-0.1, -0.05) is 0 Å². The maximum absolute atomic E-state index is 11.8. The van der Waals surface area contributed by atoms with Crippen LogP contribution in [0.2, 0.25) is 0 Å². The van der Waals surface area contributed by atoms with Crippen LogP contribution >= 0.6 is 0 Å². The molecule has 79 valence electrons. The monoisotopic (exact) mass is 195 g/mol. The van der Waals surface area contributed by atoms with Crippen LogP contribution in [-0.4, -0.2) is 11.6 Å². The lowest BCUT2D eigenvalue weighted by Crippen LogP contribution is -2.31. The van der Waals surface area contributed by atoms with Crippen molar-refractivity contribution in [2.45, 2.75) is 45.6 Å². The molecule has 2 aliphatic carbocycles. The third kappa shape index (κ3) is 1.94. The molecule has 2 fully saturated rings. The molecule has 2 nitrogen and oxygen atoms in total. The summed E-state index contributed by atoms with van der Waals surface area (Å²) in [4.78, 5) is 11.8. The van der Waals surface area contributed by atoms with Crippen LogP contribution in [0.5, 0.6) is 0 Å². The van der Waals surface area contributed by atoms with Gasteiger partial charge in [-0.3, -0.25) is 4.79 Å². The highest BCUT2D eigenvalue weighted by atomic mass is 16.6. The molecule has 14 heavy (non-hydrogen) atoms. The predicted octanol–water partition coefficient (Wildman–Crippen LogP) is 2.58. The van der Waals surface area contributed by atoms with Crippen molar-refractivity contribution in [3.63, 3.8) is 0 Å². The van der Waals surface area contributed by atoms with Crippen LogP contribution in [0.3, 0.4) is 0 Å². The van der Waals surface area contributed by atoms with Gasteiger partial charge in [0, 0.05) is 0 Å². The normalized spacial score (nSPS) is 36.1. The van der Waals surface area contributed by atoms with Crippen molar-refractivity contribution >= 4 is 5.97 Å². The maximum atomic E-state index is 11.8. The molecule has 2 heteroatoms. The lowest BCUT2D eigenvalue weighted by Gasteiger charge is -2.25. The Labute approximate surface area is 86.0 Å². The van der Waals surface area contributed by atoms with Gasteiger partial charge in [-0.2, -0.15) is 0 Å². The molecule has 0 aromatic rings. The highest BCUT2D eigenvalue weighted by molar-refractivity contribution is 5.74. The minimum Gasteiger partial charge on any atom is -0.460 e. The van der Waals surface area contributed by atoms with Crippen molar-refractivity contribution in [3.05, 3.63) is 6.42 Å². The van der Waals surface area contributed by atoms with E-state index in [-0.39, 0.29) is 17.5 Å². The molecule has 3 unspecified atom stereocenters. The fraction of sp³-hybridized carbons (Fsp3) is 0.833. The van der Waals surface area contributed by atoms with Crippen molar-refractivity contribution < 1.29 is 9.53 Å². The molecule has 0 heterocycles. The molecule has 0 aromatic heterocycles. The Morgan fingerprint density at radius 3 is 2.50 bits per heavy atom. The molecule has 0 N–H and O–H groups in total. The first-order valence-electron chi connectivity index (χ1n) is 5.52. The second-order valence-corrected chi connectivity index (χ2v) is 5.60. The molecule has 0 aromatic carbocycles. The summed E-state index contributed by atoms with van der Waals surface area (Å²) in [6.07, 6.45) is 5.73. The SMILES string of the molecule is CC(C)(C)OC(=O)C1CC2[CH]CC1C2. The Morgan fingerprint density at radius 2 is 2.07 bits per heavy atom. The number of carbonyl (C=O) groups is 1. The van der Waals surface area contributed by atoms with Gasteiger partial charge < -0.3 is 4.74 Å². The van der Waals surface area contributed by atoms with Crippen LogP contribution in [0, 0.1) is 24.2 Å². The van der Waals surface area contributed by atoms with Gasteiger partial charge in [-0.15, -0.1) is 0 Å². The molecule has 1 radical (unpaired) electrons. The van der Waals surface area contributed by atoms with E-state index in [4.69, 9.17) is 4.74 Å². The number of esters is 1. The minimum absolute atomic E-state index is 0.0260. The molecule has 0 amide bonds. The van der Waals surface area contributed by atoms with E-state index in [1.165, 1.54) is 6.42 Å². The van der Waals surface area contributed by atoms with Crippen molar-refractivity contribution in [3.8, 4) is 0 Å². The molecular formula is C12H19O2. The van der Waals surface area contributed by atoms with Crippen LogP contribution in [0.15, 0.2) is 0 Å². The average molecular weight is 195 g/mol. The Hall–Kier alpha value is -0.530. The van der Waals surface area contributed by atoms with Crippen molar-refractivity contribution in [1.82, 2.24) is 0 Å². The lowest BCUT2D eigenvalue weighted by atomic mass is 9.89. The Morgan fingerprint density at radius 1 is 1.36 bits per heavy atom. The second kappa shape index (κ2) is 3.25. The van der Waals surface area contributed by atoms with E-state index in [0.717, 1.165) is 12.8 Å². The van der Waals surface area contributed by atoms with E-state index in [1.807, 2.05) is 20.8 Å². The van der Waals surface area contributed by atoms with Gasteiger partial charge >= 0.3 is 5.97 Å². The summed E-state index contributed by atoms with van der Waals surface area (Å²) in [5.41, 5.74) is -0.331. The topological polar surface area (TPSA) is 26.3 Å². The van der Waals surface area contributed by atoms with Crippen molar-refractivity contribution in [1.29, 1.82) is 0 Å². The number of carbonyl (C=O) groups excluding carboxylic acids is 1.